The van der Waals surface area contributed by atoms with Crippen molar-refractivity contribution in [2.75, 3.05) is 0 Å². The minimum atomic E-state index is -1.04. The Hall–Kier alpha value is -2.15. The third-order valence-electron chi connectivity index (χ3n) is 3.66. The smallest absolute Gasteiger partial charge is 0.326 e. The van der Waals surface area contributed by atoms with Gasteiger partial charge < -0.3 is 10.4 Å². The molecule has 2 rings (SSSR count). The molecule has 6 nitrogen and oxygen atoms in total. The summed E-state index contributed by atoms with van der Waals surface area (Å²) in [6.45, 7) is 3.67. The van der Waals surface area contributed by atoms with Gasteiger partial charge in [0, 0.05) is 10.7 Å². The van der Waals surface area contributed by atoms with Gasteiger partial charge in [0.25, 0.3) is 5.91 Å². The molecule has 0 aliphatic rings. The number of benzene rings is 1. The Balaban J connectivity index is 2.16. The maximum absolute atomic E-state index is 12.2. The van der Waals surface area contributed by atoms with E-state index in [1.165, 1.54) is 0 Å². The van der Waals surface area contributed by atoms with Crippen LogP contribution in [0.5, 0.6) is 0 Å². The molecule has 122 valence electrons. The van der Waals surface area contributed by atoms with Crippen LogP contribution in [0.1, 0.15) is 30.8 Å². The molecule has 1 heterocycles. The largest absolute Gasteiger partial charge is 0.480 e. The van der Waals surface area contributed by atoms with Crippen molar-refractivity contribution in [3.8, 4) is 5.69 Å². The molecule has 0 spiro atoms. The number of rotatable bonds is 6. The quantitative estimate of drug-likeness (QED) is 0.807. The molecule has 1 aromatic heterocycles. The summed E-state index contributed by atoms with van der Waals surface area (Å²) in [7, 11) is 0. The molecule has 1 amide bonds. The molecule has 0 saturated carbocycles. The first-order valence-electron chi connectivity index (χ1n) is 7.27. The van der Waals surface area contributed by atoms with Gasteiger partial charge in [0.1, 0.15) is 6.04 Å². The predicted molar refractivity (Wildman–Crippen MR) is 89.6 cm³/mol. The molecular weight excluding hydrogens is 362 g/mol. The van der Waals surface area contributed by atoms with E-state index in [9.17, 15) is 14.7 Å². The molecule has 0 saturated heterocycles. The van der Waals surface area contributed by atoms with Crippen LogP contribution in [-0.2, 0) is 4.79 Å². The van der Waals surface area contributed by atoms with E-state index >= 15 is 0 Å². The normalized spacial score (nSPS) is 13.3. The Morgan fingerprint density at radius 3 is 2.74 bits per heavy atom. The van der Waals surface area contributed by atoms with Crippen LogP contribution in [0, 0.1) is 5.92 Å². The van der Waals surface area contributed by atoms with Crippen molar-refractivity contribution >= 4 is 27.8 Å². The van der Waals surface area contributed by atoms with Gasteiger partial charge >= 0.3 is 5.97 Å². The summed E-state index contributed by atoms with van der Waals surface area (Å²) in [5, 5.41) is 16.0. The summed E-state index contributed by atoms with van der Waals surface area (Å²) < 4.78 is 2.47. The van der Waals surface area contributed by atoms with Gasteiger partial charge in [-0.1, -0.05) is 42.3 Å². The molecule has 1 aromatic carbocycles. The van der Waals surface area contributed by atoms with Crippen molar-refractivity contribution in [3.05, 3.63) is 46.7 Å². The first kappa shape index (κ1) is 17.2. The van der Waals surface area contributed by atoms with Crippen LogP contribution in [0.4, 0.5) is 0 Å². The van der Waals surface area contributed by atoms with Crippen LogP contribution in [-0.4, -0.2) is 32.8 Å². The molecule has 2 N–H and O–H groups in total. The molecule has 2 aromatic rings. The van der Waals surface area contributed by atoms with E-state index in [0.717, 1.165) is 10.2 Å². The standard InChI is InChI=1S/C16H18BrN3O3/c1-3-10(2)14(16(22)23)18-15(21)13-7-8-20(19-13)12-6-4-5-11(17)9-12/h4-10,14H,3H2,1-2H3,(H,18,21)(H,22,23)/t10-,14-/m0/s1. The van der Waals surface area contributed by atoms with E-state index in [2.05, 4.69) is 26.3 Å². The highest BCUT2D eigenvalue weighted by Crippen LogP contribution is 2.15. The highest BCUT2D eigenvalue weighted by molar-refractivity contribution is 9.10. The number of carbonyl (C=O) groups is 2. The van der Waals surface area contributed by atoms with Crippen LogP contribution in [0.25, 0.3) is 5.69 Å². The van der Waals surface area contributed by atoms with Gasteiger partial charge in [0.05, 0.1) is 5.69 Å². The number of hydrogen-bond donors (Lipinski definition) is 2. The molecule has 7 heteroatoms. The van der Waals surface area contributed by atoms with Gasteiger partial charge in [-0.3, -0.25) is 4.79 Å². The number of nitrogens with zero attached hydrogens (tertiary/aromatic N) is 2. The number of amides is 1. The second kappa shape index (κ2) is 7.41. The SMILES string of the molecule is CC[C@H](C)[C@H](NC(=O)c1ccn(-c2cccc(Br)c2)n1)C(=O)O. The van der Waals surface area contributed by atoms with Crippen molar-refractivity contribution < 1.29 is 14.7 Å². The monoisotopic (exact) mass is 379 g/mol. The fourth-order valence-corrected chi connectivity index (χ4v) is 2.49. The van der Waals surface area contributed by atoms with E-state index in [-0.39, 0.29) is 11.6 Å². The molecule has 0 bridgehead atoms. The van der Waals surface area contributed by atoms with Gasteiger partial charge in [-0.15, -0.1) is 0 Å². The molecular formula is C16H18BrN3O3. The van der Waals surface area contributed by atoms with Crippen molar-refractivity contribution in [2.24, 2.45) is 5.92 Å². The highest BCUT2D eigenvalue weighted by Gasteiger charge is 2.26. The Labute approximate surface area is 142 Å². The lowest BCUT2D eigenvalue weighted by Crippen LogP contribution is -2.45. The topological polar surface area (TPSA) is 84.2 Å². The summed E-state index contributed by atoms with van der Waals surface area (Å²) in [6.07, 6.45) is 2.32. The zero-order chi connectivity index (χ0) is 17.0. The number of halogens is 1. The van der Waals surface area contributed by atoms with Crippen molar-refractivity contribution in [2.45, 2.75) is 26.3 Å². The zero-order valence-corrected chi connectivity index (χ0v) is 14.4. The molecule has 0 fully saturated rings. The van der Waals surface area contributed by atoms with Gasteiger partial charge in [-0.25, -0.2) is 9.48 Å². The van der Waals surface area contributed by atoms with Crippen LogP contribution in [0.2, 0.25) is 0 Å². The fraction of sp³-hybridized carbons (Fsp3) is 0.312. The van der Waals surface area contributed by atoms with Crippen LogP contribution >= 0.6 is 15.9 Å². The average molecular weight is 380 g/mol. The average Bonchev–Trinajstić information content (AvgIpc) is 3.01. The first-order chi connectivity index (χ1) is 10.9. The Kier molecular flexibility index (Phi) is 5.54. The van der Waals surface area contributed by atoms with E-state index in [1.54, 1.807) is 23.9 Å². The number of hydrogen-bond acceptors (Lipinski definition) is 3. The fourth-order valence-electron chi connectivity index (χ4n) is 2.11. The number of aromatic nitrogens is 2. The Bertz CT molecular complexity index is 714. The highest BCUT2D eigenvalue weighted by atomic mass is 79.9. The predicted octanol–water partition coefficient (Wildman–Crippen LogP) is 2.86. The van der Waals surface area contributed by atoms with Crippen LogP contribution < -0.4 is 5.32 Å². The Morgan fingerprint density at radius 1 is 1.39 bits per heavy atom. The van der Waals surface area contributed by atoms with Crippen molar-refractivity contribution in [1.82, 2.24) is 15.1 Å². The molecule has 0 aliphatic heterocycles. The summed E-state index contributed by atoms with van der Waals surface area (Å²) in [5.41, 5.74) is 0.981. The van der Waals surface area contributed by atoms with Crippen LogP contribution in [0.15, 0.2) is 41.0 Å². The van der Waals surface area contributed by atoms with Crippen molar-refractivity contribution in [1.29, 1.82) is 0 Å². The van der Waals surface area contributed by atoms with E-state index < -0.39 is 17.9 Å². The number of nitrogens with one attached hydrogen (secondary N) is 1. The summed E-state index contributed by atoms with van der Waals surface area (Å²) in [6, 6.07) is 8.12. The molecule has 2 atom stereocenters. The molecule has 0 radical (unpaired) electrons. The van der Waals surface area contributed by atoms with Gasteiger partial charge in [-0.05, 0) is 30.2 Å². The summed E-state index contributed by atoms with van der Waals surface area (Å²) in [4.78, 5) is 23.5. The minimum absolute atomic E-state index is 0.163. The maximum Gasteiger partial charge on any atom is 0.326 e. The lowest BCUT2D eigenvalue weighted by Gasteiger charge is -2.19. The second-order valence-electron chi connectivity index (χ2n) is 5.30. The van der Waals surface area contributed by atoms with Gasteiger partial charge in [0.2, 0.25) is 0 Å². The lowest BCUT2D eigenvalue weighted by molar-refractivity contribution is -0.140. The van der Waals surface area contributed by atoms with Crippen molar-refractivity contribution in [3.63, 3.8) is 0 Å². The number of carbonyl (C=O) groups excluding carboxylic acids is 1. The van der Waals surface area contributed by atoms with E-state index in [0.29, 0.717) is 6.42 Å². The minimum Gasteiger partial charge on any atom is -0.480 e. The lowest BCUT2D eigenvalue weighted by atomic mass is 9.99. The first-order valence-corrected chi connectivity index (χ1v) is 8.07. The molecule has 0 aliphatic carbocycles. The second-order valence-corrected chi connectivity index (χ2v) is 6.22. The number of carboxylic acids is 1. The van der Waals surface area contributed by atoms with Gasteiger partial charge in [-0.2, -0.15) is 5.10 Å². The van der Waals surface area contributed by atoms with Crippen LogP contribution in [0.3, 0.4) is 0 Å². The summed E-state index contributed by atoms with van der Waals surface area (Å²) >= 11 is 3.38. The molecule has 0 unspecified atom stereocenters. The van der Waals surface area contributed by atoms with E-state index in [4.69, 9.17) is 0 Å². The maximum atomic E-state index is 12.2. The third-order valence-corrected chi connectivity index (χ3v) is 4.15. The Morgan fingerprint density at radius 2 is 2.13 bits per heavy atom. The third kappa shape index (κ3) is 4.19. The molecule has 23 heavy (non-hydrogen) atoms. The number of carboxylic acid groups (broad SMARTS) is 1. The number of aliphatic carboxylic acids is 1. The van der Waals surface area contributed by atoms with E-state index in [1.807, 2.05) is 31.2 Å². The summed E-state index contributed by atoms with van der Waals surface area (Å²) in [5.74, 6) is -1.70. The zero-order valence-electron chi connectivity index (χ0n) is 12.9. The van der Waals surface area contributed by atoms with Gasteiger partial charge in [0.15, 0.2) is 5.69 Å².